The summed E-state index contributed by atoms with van der Waals surface area (Å²) >= 11 is 0. The van der Waals surface area contributed by atoms with Crippen molar-refractivity contribution in [1.29, 1.82) is 0 Å². The molecule has 8 heteroatoms. The van der Waals surface area contributed by atoms with Gasteiger partial charge in [-0.3, -0.25) is 4.79 Å². The predicted molar refractivity (Wildman–Crippen MR) is 112 cm³/mol. The van der Waals surface area contributed by atoms with E-state index in [0.717, 1.165) is 11.4 Å². The maximum absolute atomic E-state index is 12.4. The Hall–Kier alpha value is -3.39. The Morgan fingerprint density at radius 2 is 1.76 bits per heavy atom. The van der Waals surface area contributed by atoms with Gasteiger partial charge in [-0.2, -0.15) is 8.42 Å². The molecule has 1 aromatic heterocycles. The summed E-state index contributed by atoms with van der Waals surface area (Å²) in [5.74, 6) is 0.0958. The molecule has 0 saturated carbocycles. The lowest BCUT2D eigenvalue weighted by Crippen LogP contribution is -2.24. The van der Waals surface area contributed by atoms with Gasteiger partial charge in [-0.15, -0.1) is 4.40 Å². The summed E-state index contributed by atoms with van der Waals surface area (Å²) in [5.41, 5.74) is 3.84. The second-order valence-electron chi connectivity index (χ2n) is 6.82. The first-order valence-corrected chi connectivity index (χ1v) is 10.5. The van der Waals surface area contributed by atoms with Gasteiger partial charge in [0.1, 0.15) is 4.90 Å². The Morgan fingerprint density at radius 3 is 2.45 bits per heavy atom. The summed E-state index contributed by atoms with van der Waals surface area (Å²) in [6.07, 6.45) is 0. The highest BCUT2D eigenvalue weighted by Crippen LogP contribution is 2.26. The van der Waals surface area contributed by atoms with E-state index in [2.05, 4.69) is 15.0 Å². The van der Waals surface area contributed by atoms with Crippen molar-refractivity contribution in [3.8, 4) is 0 Å². The molecule has 148 valence electrons. The lowest BCUT2D eigenvalue weighted by Gasteiger charge is -2.09. The van der Waals surface area contributed by atoms with E-state index in [-0.39, 0.29) is 16.6 Å². The molecule has 4 rings (SSSR count). The Kier molecular flexibility index (Phi) is 4.71. The third kappa shape index (κ3) is 3.66. The molecule has 3 aromatic rings. The molecule has 2 N–H and O–H groups in total. The maximum Gasteiger partial charge on any atom is 0.285 e. The lowest BCUT2D eigenvalue weighted by molar-refractivity contribution is 0.0950. The molecule has 1 aliphatic rings. The van der Waals surface area contributed by atoms with Crippen molar-refractivity contribution in [2.24, 2.45) is 11.4 Å². The summed E-state index contributed by atoms with van der Waals surface area (Å²) in [6.45, 7) is 2.45. The van der Waals surface area contributed by atoms with Crippen LogP contribution in [0.15, 0.2) is 70.0 Å². The fourth-order valence-corrected chi connectivity index (χ4v) is 4.33. The number of nitrogens with one attached hydrogen (secondary N) is 2. The molecule has 0 aliphatic carbocycles. The smallest absolute Gasteiger partial charge is 0.285 e. The van der Waals surface area contributed by atoms with Crippen LogP contribution >= 0.6 is 0 Å². The molecular formula is C21H20N4O3S. The van der Waals surface area contributed by atoms with Crippen molar-refractivity contribution in [2.75, 3.05) is 5.32 Å². The number of fused-ring (bicyclic) bond motifs is 1. The van der Waals surface area contributed by atoms with E-state index in [9.17, 15) is 13.2 Å². The Labute approximate surface area is 169 Å². The molecule has 0 fully saturated rings. The van der Waals surface area contributed by atoms with Crippen LogP contribution in [0.5, 0.6) is 0 Å². The summed E-state index contributed by atoms with van der Waals surface area (Å²) in [5, 5.41) is 5.93. The molecule has 2 aromatic carbocycles. The van der Waals surface area contributed by atoms with Gasteiger partial charge >= 0.3 is 0 Å². The molecule has 2 heterocycles. The summed E-state index contributed by atoms with van der Waals surface area (Å²) in [7, 11) is -1.71. The lowest BCUT2D eigenvalue weighted by atomic mass is 10.1. The minimum Gasteiger partial charge on any atom is -0.350 e. The van der Waals surface area contributed by atoms with Crippen molar-refractivity contribution in [1.82, 2.24) is 9.88 Å². The number of hydrogen-bond donors (Lipinski definition) is 2. The van der Waals surface area contributed by atoms with Crippen molar-refractivity contribution < 1.29 is 13.2 Å². The van der Waals surface area contributed by atoms with E-state index < -0.39 is 10.0 Å². The number of amidine groups is 1. The molecule has 1 aliphatic heterocycles. The molecule has 0 radical (unpaired) electrons. The molecule has 0 atom stereocenters. The topological polar surface area (TPSA) is 92.6 Å². The number of carbonyl (C=O) groups excluding carboxylic acids is 1. The van der Waals surface area contributed by atoms with Gasteiger partial charge in [0.15, 0.2) is 5.84 Å². The van der Waals surface area contributed by atoms with E-state index in [4.69, 9.17) is 0 Å². The number of sulfonamides is 1. The second kappa shape index (κ2) is 7.21. The molecular weight excluding hydrogens is 388 g/mol. The van der Waals surface area contributed by atoms with Gasteiger partial charge in [-0.05, 0) is 55.5 Å². The normalized spacial score (nSPS) is 14.2. The van der Waals surface area contributed by atoms with E-state index >= 15 is 0 Å². The van der Waals surface area contributed by atoms with Crippen LogP contribution in [-0.4, -0.2) is 24.7 Å². The Morgan fingerprint density at radius 1 is 1.03 bits per heavy atom. The number of anilines is 1. The average molecular weight is 408 g/mol. The largest absolute Gasteiger partial charge is 0.350 e. The number of nitrogens with zero attached hydrogens (tertiary/aromatic N) is 2. The number of benzene rings is 2. The maximum atomic E-state index is 12.4. The van der Waals surface area contributed by atoms with Gasteiger partial charge in [0.2, 0.25) is 0 Å². The average Bonchev–Trinajstić information content (AvgIpc) is 3.17. The fourth-order valence-electron chi connectivity index (χ4n) is 3.15. The zero-order valence-electron chi connectivity index (χ0n) is 16.0. The van der Waals surface area contributed by atoms with Crippen molar-refractivity contribution >= 4 is 27.5 Å². The van der Waals surface area contributed by atoms with E-state index in [1.165, 1.54) is 6.07 Å². The van der Waals surface area contributed by atoms with E-state index in [1.54, 1.807) is 42.5 Å². The SMILES string of the molecule is Cc1ccc(CNC(=O)c2ccc(NC3=NS(=O)(=O)c4ccccc43)cc2)n1C. The number of hydrogen-bond acceptors (Lipinski definition) is 4. The van der Waals surface area contributed by atoms with E-state index in [1.807, 2.05) is 30.7 Å². The zero-order chi connectivity index (χ0) is 20.6. The zero-order valence-corrected chi connectivity index (χ0v) is 16.8. The minimum atomic E-state index is -3.67. The predicted octanol–water partition coefficient (Wildman–Crippen LogP) is 2.82. The van der Waals surface area contributed by atoms with Crippen LogP contribution in [0.4, 0.5) is 5.69 Å². The number of aromatic nitrogens is 1. The number of rotatable bonds is 4. The molecule has 0 unspecified atom stereocenters. The van der Waals surface area contributed by atoms with Crippen molar-refractivity contribution in [3.63, 3.8) is 0 Å². The standard InChI is InChI=1S/C21H20N4O3S/c1-14-7-12-17(25(14)2)13-22-21(26)15-8-10-16(11-9-15)23-20-18-5-3-4-6-19(18)29(27,28)24-20/h3-12H,13H2,1-2H3,(H,22,26)(H,23,24). The first kappa shape index (κ1) is 18.9. The van der Waals surface area contributed by atoms with Crippen LogP contribution in [0.25, 0.3) is 0 Å². The van der Waals surface area contributed by atoms with Gasteiger partial charge < -0.3 is 15.2 Å². The van der Waals surface area contributed by atoms with Crippen LogP contribution in [0.3, 0.4) is 0 Å². The molecule has 0 spiro atoms. The van der Waals surface area contributed by atoms with E-state index in [0.29, 0.717) is 23.4 Å². The van der Waals surface area contributed by atoms with Crippen molar-refractivity contribution in [2.45, 2.75) is 18.4 Å². The monoisotopic (exact) mass is 408 g/mol. The third-order valence-electron chi connectivity index (χ3n) is 4.95. The Balaban J connectivity index is 1.45. The number of carbonyl (C=O) groups is 1. The summed E-state index contributed by atoms with van der Waals surface area (Å²) in [6, 6.07) is 17.5. The van der Waals surface area contributed by atoms with Gasteiger partial charge in [0.05, 0.1) is 6.54 Å². The number of aryl methyl sites for hydroxylation is 1. The van der Waals surface area contributed by atoms with Crippen LogP contribution in [0.2, 0.25) is 0 Å². The van der Waals surface area contributed by atoms with Crippen LogP contribution in [-0.2, 0) is 23.6 Å². The molecule has 0 saturated heterocycles. The summed E-state index contributed by atoms with van der Waals surface area (Å²) in [4.78, 5) is 12.6. The van der Waals surface area contributed by atoms with Crippen LogP contribution < -0.4 is 10.6 Å². The van der Waals surface area contributed by atoms with Gasteiger partial charge in [-0.25, -0.2) is 0 Å². The fraction of sp³-hybridized carbons (Fsp3) is 0.143. The van der Waals surface area contributed by atoms with Crippen LogP contribution in [0.1, 0.15) is 27.3 Å². The first-order valence-electron chi connectivity index (χ1n) is 9.06. The minimum absolute atomic E-state index is 0.179. The molecule has 29 heavy (non-hydrogen) atoms. The van der Waals surface area contributed by atoms with Crippen LogP contribution in [0, 0.1) is 6.92 Å². The molecule has 7 nitrogen and oxygen atoms in total. The number of amides is 1. The highest BCUT2D eigenvalue weighted by molar-refractivity contribution is 7.90. The van der Waals surface area contributed by atoms with Crippen molar-refractivity contribution in [3.05, 3.63) is 83.2 Å². The third-order valence-corrected chi connectivity index (χ3v) is 6.28. The Bertz CT molecular complexity index is 1230. The molecule has 1 amide bonds. The first-order chi connectivity index (χ1) is 13.8. The summed E-state index contributed by atoms with van der Waals surface area (Å²) < 4.78 is 30.1. The van der Waals surface area contributed by atoms with Gasteiger partial charge in [0.25, 0.3) is 15.9 Å². The van der Waals surface area contributed by atoms with Gasteiger partial charge in [-0.1, -0.05) is 12.1 Å². The van der Waals surface area contributed by atoms with Gasteiger partial charge in [0, 0.05) is 35.2 Å². The quantitative estimate of drug-likeness (QED) is 0.694. The highest BCUT2D eigenvalue weighted by Gasteiger charge is 2.28. The second-order valence-corrected chi connectivity index (χ2v) is 8.39. The molecule has 0 bridgehead atoms. The highest BCUT2D eigenvalue weighted by atomic mass is 32.2.